The molecule has 0 radical (unpaired) electrons. The van der Waals surface area contributed by atoms with Crippen molar-refractivity contribution in [3.05, 3.63) is 65.7 Å². The number of ether oxygens (including phenoxy) is 2. The number of phenols is 2. The second-order valence-electron chi connectivity index (χ2n) is 6.45. The van der Waals surface area contributed by atoms with Crippen LogP contribution in [0.2, 0.25) is 0 Å². The van der Waals surface area contributed by atoms with Crippen molar-refractivity contribution in [2.75, 3.05) is 7.11 Å². The van der Waals surface area contributed by atoms with Crippen molar-refractivity contribution in [1.82, 2.24) is 5.32 Å². The van der Waals surface area contributed by atoms with Crippen molar-refractivity contribution in [3.8, 4) is 17.2 Å². The summed E-state index contributed by atoms with van der Waals surface area (Å²) in [6.45, 7) is 1.69. The number of hydrogen-bond donors (Lipinski definition) is 3. The minimum absolute atomic E-state index is 0.165. The molecule has 3 N–H and O–H groups in total. The number of nitrogens with one attached hydrogen (secondary N) is 1. The van der Waals surface area contributed by atoms with Crippen molar-refractivity contribution in [2.45, 2.75) is 19.6 Å². The van der Waals surface area contributed by atoms with Crippen LogP contribution in [-0.4, -0.2) is 35.3 Å². The van der Waals surface area contributed by atoms with Crippen LogP contribution in [0, 0.1) is 0 Å². The number of esters is 1. The van der Waals surface area contributed by atoms with Crippen LogP contribution >= 0.6 is 0 Å². The number of benzene rings is 3. The summed E-state index contributed by atoms with van der Waals surface area (Å²) in [7, 11) is 1.57. The summed E-state index contributed by atoms with van der Waals surface area (Å²) < 4.78 is 10.2. The molecule has 7 nitrogen and oxygen atoms in total. The second kappa shape index (κ2) is 8.52. The predicted molar refractivity (Wildman–Crippen MR) is 107 cm³/mol. The van der Waals surface area contributed by atoms with Gasteiger partial charge in [-0.25, -0.2) is 4.79 Å². The SMILES string of the molecule is COc1ccc(CNC(=O)[C@@H](C)OC(=O)c2cc(O)c3ccccc3c2O)cc1. The van der Waals surface area contributed by atoms with Gasteiger partial charge >= 0.3 is 5.97 Å². The number of carbonyl (C=O) groups is 2. The normalized spacial score (nSPS) is 11.7. The molecule has 0 bridgehead atoms. The van der Waals surface area contributed by atoms with Gasteiger partial charge in [0.2, 0.25) is 0 Å². The van der Waals surface area contributed by atoms with E-state index in [2.05, 4.69) is 5.32 Å². The van der Waals surface area contributed by atoms with E-state index >= 15 is 0 Å². The van der Waals surface area contributed by atoms with E-state index in [1.54, 1.807) is 43.5 Å². The molecule has 150 valence electrons. The van der Waals surface area contributed by atoms with Crippen molar-refractivity contribution in [3.63, 3.8) is 0 Å². The molecule has 1 atom stereocenters. The lowest BCUT2D eigenvalue weighted by molar-refractivity contribution is -0.129. The molecule has 3 aromatic rings. The first-order valence-corrected chi connectivity index (χ1v) is 8.96. The highest BCUT2D eigenvalue weighted by Gasteiger charge is 2.23. The van der Waals surface area contributed by atoms with Crippen molar-refractivity contribution in [1.29, 1.82) is 0 Å². The van der Waals surface area contributed by atoms with Crippen LogP contribution in [0.1, 0.15) is 22.8 Å². The molecule has 7 heteroatoms. The number of rotatable bonds is 6. The molecule has 0 unspecified atom stereocenters. The molecule has 0 aliphatic rings. The van der Waals surface area contributed by atoms with Gasteiger partial charge < -0.3 is 25.0 Å². The highest BCUT2D eigenvalue weighted by atomic mass is 16.5. The molecule has 0 aliphatic heterocycles. The van der Waals surface area contributed by atoms with Gasteiger partial charge in [0.05, 0.1) is 7.11 Å². The summed E-state index contributed by atoms with van der Waals surface area (Å²) in [4.78, 5) is 24.7. The number of fused-ring (bicyclic) bond motifs is 1. The monoisotopic (exact) mass is 395 g/mol. The van der Waals surface area contributed by atoms with Crippen LogP contribution < -0.4 is 10.1 Å². The van der Waals surface area contributed by atoms with E-state index < -0.39 is 18.0 Å². The van der Waals surface area contributed by atoms with Crippen LogP contribution in [0.4, 0.5) is 0 Å². The average Bonchev–Trinajstić information content (AvgIpc) is 2.74. The lowest BCUT2D eigenvalue weighted by atomic mass is 10.0. The summed E-state index contributed by atoms with van der Waals surface area (Å²) >= 11 is 0. The highest BCUT2D eigenvalue weighted by molar-refractivity contribution is 6.04. The maximum absolute atomic E-state index is 12.4. The summed E-state index contributed by atoms with van der Waals surface area (Å²) in [5.74, 6) is -1.16. The van der Waals surface area contributed by atoms with E-state index in [4.69, 9.17) is 9.47 Å². The average molecular weight is 395 g/mol. The molecular formula is C22H21NO6. The standard InChI is InChI=1S/C22H21NO6/c1-13(21(26)23-12-14-7-9-15(28-2)10-8-14)29-22(27)18-11-19(24)16-5-3-4-6-17(16)20(18)25/h3-11,13,24-25H,12H2,1-2H3,(H,23,26)/t13-/m1/s1. The molecule has 0 aliphatic carbocycles. The second-order valence-corrected chi connectivity index (χ2v) is 6.45. The van der Waals surface area contributed by atoms with Gasteiger partial charge in [-0.05, 0) is 30.7 Å². The molecule has 0 spiro atoms. The van der Waals surface area contributed by atoms with Gasteiger partial charge in [0.15, 0.2) is 6.10 Å². The Balaban J connectivity index is 1.66. The van der Waals surface area contributed by atoms with Crippen LogP contribution in [-0.2, 0) is 16.1 Å². The number of amides is 1. The van der Waals surface area contributed by atoms with Crippen LogP contribution in [0.15, 0.2) is 54.6 Å². The molecule has 1 amide bonds. The van der Waals surface area contributed by atoms with Gasteiger partial charge in [0.25, 0.3) is 5.91 Å². The third-order valence-electron chi connectivity index (χ3n) is 4.49. The van der Waals surface area contributed by atoms with E-state index in [1.165, 1.54) is 6.92 Å². The summed E-state index contributed by atoms with van der Waals surface area (Å²) in [5, 5.41) is 23.9. The quantitative estimate of drug-likeness (QED) is 0.438. The molecule has 0 saturated heterocycles. The van der Waals surface area contributed by atoms with Gasteiger partial charge in [0, 0.05) is 17.3 Å². The zero-order chi connectivity index (χ0) is 21.0. The van der Waals surface area contributed by atoms with Gasteiger partial charge in [-0.15, -0.1) is 0 Å². The number of hydrogen-bond acceptors (Lipinski definition) is 6. The maximum Gasteiger partial charge on any atom is 0.342 e. The van der Waals surface area contributed by atoms with Gasteiger partial charge in [-0.3, -0.25) is 4.79 Å². The molecule has 29 heavy (non-hydrogen) atoms. The Morgan fingerprint density at radius 2 is 1.69 bits per heavy atom. The Kier molecular flexibility index (Phi) is 5.87. The molecule has 0 aromatic heterocycles. The Morgan fingerprint density at radius 3 is 2.34 bits per heavy atom. The Morgan fingerprint density at radius 1 is 1.03 bits per heavy atom. The minimum atomic E-state index is -1.09. The molecule has 3 aromatic carbocycles. The smallest absolute Gasteiger partial charge is 0.342 e. The maximum atomic E-state index is 12.4. The predicted octanol–water partition coefficient (Wildman–Crippen LogP) is 3.12. The number of phenolic OH excluding ortho intramolecular Hbond substituents is 2. The fourth-order valence-corrected chi connectivity index (χ4v) is 2.85. The first-order chi connectivity index (χ1) is 13.9. The molecular weight excluding hydrogens is 374 g/mol. The summed E-state index contributed by atoms with van der Waals surface area (Å²) in [6, 6.07) is 14.9. The van der Waals surface area contributed by atoms with E-state index in [9.17, 15) is 19.8 Å². The van der Waals surface area contributed by atoms with Crippen LogP contribution in [0.5, 0.6) is 17.2 Å². The molecule has 0 saturated carbocycles. The first kappa shape index (κ1) is 20.0. The summed E-state index contributed by atoms with van der Waals surface area (Å²) in [5.41, 5.74) is 0.644. The van der Waals surface area contributed by atoms with E-state index in [0.29, 0.717) is 16.5 Å². The van der Waals surface area contributed by atoms with Crippen LogP contribution in [0.25, 0.3) is 10.8 Å². The van der Waals surface area contributed by atoms with Crippen LogP contribution in [0.3, 0.4) is 0 Å². The van der Waals surface area contributed by atoms with Crippen molar-refractivity contribution in [2.24, 2.45) is 0 Å². The lowest BCUT2D eigenvalue weighted by Gasteiger charge is -2.15. The third-order valence-corrected chi connectivity index (χ3v) is 4.49. The largest absolute Gasteiger partial charge is 0.507 e. The number of carbonyl (C=O) groups excluding carboxylic acids is 2. The minimum Gasteiger partial charge on any atom is -0.507 e. The summed E-state index contributed by atoms with van der Waals surface area (Å²) in [6.07, 6.45) is -1.09. The zero-order valence-corrected chi connectivity index (χ0v) is 16.0. The van der Waals surface area contributed by atoms with E-state index in [1.807, 2.05) is 12.1 Å². The van der Waals surface area contributed by atoms with Gasteiger partial charge in [0.1, 0.15) is 22.8 Å². The fraction of sp³-hybridized carbons (Fsp3) is 0.182. The first-order valence-electron chi connectivity index (χ1n) is 8.96. The Bertz CT molecular complexity index is 1050. The Hall–Kier alpha value is -3.74. The number of methoxy groups -OCH3 is 1. The molecule has 0 fully saturated rings. The topological polar surface area (TPSA) is 105 Å². The third kappa shape index (κ3) is 4.40. The zero-order valence-electron chi connectivity index (χ0n) is 16.0. The Labute approximate surface area is 167 Å². The van der Waals surface area contributed by atoms with Crippen molar-refractivity contribution < 1.29 is 29.3 Å². The van der Waals surface area contributed by atoms with E-state index in [0.717, 1.165) is 11.6 Å². The van der Waals surface area contributed by atoms with Crippen molar-refractivity contribution >= 4 is 22.6 Å². The lowest BCUT2D eigenvalue weighted by Crippen LogP contribution is -2.35. The highest BCUT2D eigenvalue weighted by Crippen LogP contribution is 2.35. The van der Waals surface area contributed by atoms with E-state index in [-0.39, 0.29) is 23.6 Å². The molecule has 3 rings (SSSR count). The number of aromatic hydroxyl groups is 2. The van der Waals surface area contributed by atoms with Gasteiger partial charge in [-0.1, -0.05) is 36.4 Å². The van der Waals surface area contributed by atoms with Gasteiger partial charge in [-0.2, -0.15) is 0 Å². The molecule has 0 heterocycles. The fourth-order valence-electron chi connectivity index (χ4n) is 2.85.